The van der Waals surface area contributed by atoms with Crippen molar-refractivity contribution in [2.24, 2.45) is 0 Å². The van der Waals surface area contributed by atoms with E-state index in [2.05, 4.69) is 10.3 Å². The SMILES string of the molecule is CNc1nc2ccccn2c1S(=O)(=O)N1CCOCC1. The molecule has 1 fully saturated rings. The minimum atomic E-state index is -3.60. The number of nitrogens with zero attached hydrogens (tertiary/aromatic N) is 3. The van der Waals surface area contributed by atoms with E-state index in [-0.39, 0.29) is 5.03 Å². The molecule has 0 saturated carbocycles. The highest BCUT2D eigenvalue weighted by Crippen LogP contribution is 2.26. The van der Waals surface area contributed by atoms with E-state index in [1.165, 1.54) is 4.31 Å². The van der Waals surface area contributed by atoms with E-state index in [1.807, 2.05) is 6.07 Å². The molecule has 3 rings (SSSR count). The Balaban J connectivity index is 2.17. The van der Waals surface area contributed by atoms with E-state index in [0.29, 0.717) is 37.8 Å². The first-order valence-corrected chi connectivity index (χ1v) is 7.81. The lowest BCUT2D eigenvalue weighted by Crippen LogP contribution is -2.41. The van der Waals surface area contributed by atoms with Crippen molar-refractivity contribution in [1.29, 1.82) is 0 Å². The van der Waals surface area contributed by atoms with Gasteiger partial charge in [-0.3, -0.25) is 4.40 Å². The van der Waals surface area contributed by atoms with Gasteiger partial charge in [0.15, 0.2) is 10.8 Å². The molecular formula is C12H16N4O3S. The van der Waals surface area contributed by atoms with Crippen LogP contribution >= 0.6 is 0 Å². The zero-order valence-electron chi connectivity index (χ0n) is 11.1. The van der Waals surface area contributed by atoms with Gasteiger partial charge in [-0.2, -0.15) is 4.31 Å². The number of imidazole rings is 1. The fourth-order valence-electron chi connectivity index (χ4n) is 2.29. The van der Waals surface area contributed by atoms with Crippen LogP contribution in [0.5, 0.6) is 0 Å². The molecule has 1 saturated heterocycles. The van der Waals surface area contributed by atoms with Crippen molar-refractivity contribution in [2.75, 3.05) is 38.7 Å². The molecule has 108 valence electrons. The molecule has 0 unspecified atom stereocenters. The maximum Gasteiger partial charge on any atom is 0.263 e. The summed E-state index contributed by atoms with van der Waals surface area (Å²) in [7, 11) is -1.93. The maximum absolute atomic E-state index is 12.8. The molecule has 2 aromatic rings. The van der Waals surface area contributed by atoms with Crippen LogP contribution in [-0.2, 0) is 14.8 Å². The molecule has 1 aliphatic heterocycles. The lowest BCUT2D eigenvalue weighted by Gasteiger charge is -2.26. The predicted octanol–water partition coefficient (Wildman–Crippen LogP) is 0.397. The summed E-state index contributed by atoms with van der Waals surface area (Å²) in [6, 6.07) is 5.39. The van der Waals surface area contributed by atoms with Gasteiger partial charge in [-0.15, -0.1) is 0 Å². The van der Waals surface area contributed by atoms with Crippen molar-refractivity contribution in [1.82, 2.24) is 13.7 Å². The lowest BCUT2D eigenvalue weighted by atomic mass is 10.5. The summed E-state index contributed by atoms with van der Waals surface area (Å²) in [5.74, 6) is 0.364. The van der Waals surface area contributed by atoms with Crippen LogP contribution in [0.15, 0.2) is 29.4 Å². The zero-order valence-corrected chi connectivity index (χ0v) is 11.9. The number of sulfonamides is 1. The molecule has 1 N–H and O–H groups in total. The second kappa shape index (κ2) is 5.04. The average Bonchev–Trinajstić information content (AvgIpc) is 2.87. The fraction of sp³-hybridized carbons (Fsp3) is 0.417. The highest BCUT2D eigenvalue weighted by molar-refractivity contribution is 7.89. The summed E-state index contributed by atoms with van der Waals surface area (Å²) in [5.41, 5.74) is 0.601. The van der Waals surface area contributed by atoms with Crippen LogP contribution in [0.2, 0.25) is 0 Å². The van der Waals surface area contributed by atoms with Crippen molar-refractivity contribution in [3.8, 4) is 0 Å². The Kier molecular flexibility index (Phi) is 3.36. The van der Waals surface area contributed by atoms with Gasteiger partial charge in [0.1, 0.15) is 5.65 Å². The summed E-state index contributed by atoms with van der Waals surface area (Å²) in [6.07, 6.45) is 1.70. The Labute approximate surface area is 117 Å². The van der Waals surface area contributed by atoms with Gasteiger partial charge in [0.2, 0.25) is 0 Å². The molecular weight excluding hydrogens is 280 g/mol. The Morgan fingerprint density at radius 3 is 2.75 bits per heavy atom. The van der Waals surface area contributed by atoms with Gasteiger partial charge in [0, 0.05) is 26.3 Å². The quantitative estimate of drug-likeness (QED) is 0.887. The maximum atomic E-state index is 12.8. The number of hydrogen-bond acceptors (Lipinski definition) is 5. The van der Waals surface area contributed by atoms with Crippen molar-refractivity contribution >= 4 is 21.5 Å². The summed E-state index contributed by atoms with van der Waals surface area (Å²) < 4.78 is 33.9. The minimum absolute atomic E-state index is 0.178. The molecule has 0 amide bonds. The summed E-state index contributed by atoms with van der Waals surface area (Å²) >= 11 is 0. The van der Waals surface area contributed by atoms with E-state index in [9.17, 15) is 8.42 Å². The lowest BCUT2D eigenvalue weighted by molar-refractivity contribution is 0.0729. The number of nitrogens with one attached hydrogen (secondary N) is 1. The summed E-state index contributed by atoms with van der Waals surface area (Å²) in [6.45, 7) is 1.58. The largest absolute Gasteiger partial charge is 0.379 e. The molecule has 3 heterocycles. The smallest absolute Gasteiger partial charge is 0.263 e. The molecule has 2 aromatic heterocycles. The monoisotopic (exact) mass is 296 g/mol. The highest BCUT2D eigenvalue weighted by Gasteiger charge is 2.32. The van der Waals surface area contributed by atoms with Gasteiger partial charge in [-0.25, -0.2) is 13.4 Å². The Bertz CT molecular complexity index is 719. The Morgan fingerprint density at radius 1 is 1.30 bits per heavy atom. The molecule has 0 aromatic carbocycles. The van der Waals surface area contributed by atoms with Crippen LogP contribution < -0.4 is 5.32 Å². The number of aromatic nitrogens is 2. The van der Waals surface area contributed by atoms with Crippen LogP contribution in [0, 0.1) is 0 Å². The van der Waals surface area contributed by atoms with Crippen LogP contribution in [0.4, 0.5) is 5.82 Å². The van der Waals surface area contributed by atoms with Crippen LogP contribution in [-0.4, -0.2) is 55.5 Å². The minimum Gasteiger partial charge on any atom is -0.379 e. The first-order chi connectivity index (χ1) is 9.64. The molecule has 20 heavy (non-hydrogen) atoms. The Hall–Kier alpha value is -1.64. The van der Waals surface area contributed by atoms with Gasteiger partial charge in [-0.1, -0.05) is 6.07 Å². The number of fused-ring (bicyclic) bond motifs is 1. The molecule has 0 bridgehead atoms. The molecule has 0 radical (unpaired) electrons. The normalized spacial score (nSPS) is 17.4. The van der Waals surface area contributed by atoms with Gasteiger partial charge < -0.3 is 10.1 Å². The van der Waals surface area contributed by atoms with E-state index in [1.54, 1.807) is 29.8 Å². The molecule has 0 aliphatic carbocycles. The molecule has 0 spiro atoms. The number of morpholine rings is 1. The first-order valence-electron chi connectivity index (χ1n) is 6.37. The fourth-order valence-corrected chi connectivity index (χ4v) is 3.96. The Morgan fingerprint density at radius 2 is 2.05 bits per heavy atom. The molecule has 8 heteroatoms. The van der Waals surface area contributed by atoms with E-state index < -0.39 is 10.0 Å². The molecule has 7 nitrogen and oxygen atoms in total. The zero-order chi connectivity index (χ0) is 14.2. The van der Waals surface area contributed by atoms with Gasteiger partial charge in [0.25, 0.3) is 10.0 Å². The van der Waals surface area contributed by atoms with Crippen molar-refractivity contribution in [2.45, 2.75) is 5.03 Å². The van der Waals surface area contributed by atoms with Crippen molar-refractivity contribution in [3.63, 3.8) is 0 Å². The number of pyridine rings is 1. The van der Waals surface area contributed by atoms with Crippen molar-refractivity contribution < 1.29 is 13.2 Å². The molecule has 0 atom stereocenters. The van der Waals surface area contributed by atoms with E-state index in [4.69, 9.17) is 4.74 Å². The second-order valence-electron chi connectivity index (χ2n) is 4.46. The second-order valence-corrected chi connectivity index (χ2v) is 6.31. The third-order valence-corrected chi connectivity index (χ3v) is 5.20. The van der Waals surface area contributed by atoms with Crippen LogP contribution in [0.3, 0.4) is 0 Å². The van der Waals surface area contributed by atoms with E-state index in [0.717, 1.165) is 0 Å². The van der Waals surface area contributed by atoms with Crippen LogP contribution in [0.25, 0.3) is 5.65 Å². The summed E-state index contributed by atoms with van der Waals surface area (Å²) in [4.78, 5) is 4.31. The van der Waals surface area contributed by atoms with E-state index >= 15 is 0 Å². The van der Waals surface area contributed by atoms with Gasteiger partial charge in [0.05, 0.1) is 13.2 Å². The number of hydrogen-bond donors (Lipinski definition) is 1. The number of anilines is 1. The number of ether oxygens (including phenoxy) is 1. The third kappa shape index (κ3) is 2.05. The van der Waals surface area contributed by atoms with Gasteiger partial charge >= 0.3 is 0 Å². The predicted molar refractivity (Wildman–Crippen MR) is 74.3 cm³/mol. The summed E-state index contributed by atoms with van der Waals surface area (Å²) in [5, 5.41) is 3.04. The first kappa shape index (κ1) is 13.3. The topological polar surface area (TPSA) is 75.9 Å². The van der Waals surface area contributed by atoms with Crippen LogP contribution in [0.1, 0.15) is 0 Å². The number of rotatable bonds is 3. The molecule has 1 aliphatic rings. The standard InChI is InChI=1S/C12H16N4O3S/c1-13-11-12(16-5-3-2-4-10(16)14-11)20(17,18)15-6-8-19-9-7-15/h2-5,13H,6-9H2,1H3. The highest BCUT2D eigenvalue weighted by atomic mass is 32.2. The average molecular weight is 296 g/mol. The third-order valence-electron chi connectivity index (χ3n) is 3.28. The van der Waals surface area contributed by atoms with Crippen molar-refractivity contribution in [3.05, 3.63) is 24.4 Å². The van der Waals surface area contributed by atoms with Gasteiger partial charge in [-0.05, 0) is 12.1 Å².